The van der Waals surface area contributed by atoms with Crippen LogP contribution in [0.3, 0.4) is 0 Å². The summed E-state index contributed by atoms with van der Waals surface area (Å²) in [6.07, 6.45) is 6.77. The molecule has 4 rings (SSSR count). The highest BCUT2D eigenvalue weighted by Crippen LogP contribution is 2.26. The minimum Gasteiger partial charge on any atom is -0.322 e. The average molecular weight is 392 g/mol. The van der Waals surface area contributed by atoms with E-state index in [2.05, 4.69) is 15.3 Å². The molecule has 5 nitrogen and oxygen atoms in total. The molecule has 29 heavy (non-hydrogen) atoms. The second-order valence-corrected chi connectivity index (χ2v) is 7.42. The Morgan fingerprint density at radius 2 is 1.76 bits per heavy atom. The molecule has 1 N–H and O–H groups in total. The van der Waals surface area contributed by atoms with Crippen LogP contribution in [0.1, 0.15) is 36.4 Å². The molecule has 1 atom stereocenters. The number of halogens is 1. The maximum atomic E-state index is 13.9. The average Bonchev–Trinajstić information content (AvgIpc) is 3.18. The van der Waals surface area contributed by atoms with Crippen molar-refractivity contribution in [1.82, 2.24) is 14.7 Å². The van der Waals surface area contributed by atoms with Crippen molar-refractivity contribution in [2.45, 2.75) is 31.8 Å². The lowest BCUT2D eigenvalue weighted by Crippen LogP contribution is -2.40. The van der Waals surface area contributed by atoms with Crippen molar-refractivity contribution < 1.29 is 9.18 Å². The summed E-state index contributed by atoms with van der Waals surface area (Å²) in [7, 11) is 0. The van der Waals surface area contributed by atoms with Crippen LogP contribution in [0, 0.1) is 5.82 Å². The van der Waals surface area contributed by atoms with E-state index in [4.69, 9.17) is 0 Å². The van der Waals surface area contributed by atoms with Gasteiger partial charge in [0.15, 0.2) is 0 Å². The van der Waals surface area contributed by atoms with E-state index in [1.807, 2.05) is 30.3 Å². The molecule has 1 unspecified atom stereocenters. The summed E-state index contributed by atoms with van der Waals surface area (Å²) < 4.78 is 15.5. The molecule has 0 bridgehead atoms. The van der Waals surface area contributed by atoms with Crippen LogP contribution in [-0.2, 0) is 11.3 Å². The Kier molecular flexibility index (Phi) is 6.00. The topological polar surface area (TPSA) is 50.2 Å². The first-order valence-electron chi connectivity index (χ1n) is 10.1. The zero-order chi connectivity index (χ0) is 20.1. The zero-order valence-electron chi connectivity index (χ0n) is 16.3. The molecule has 0 saturated carbocycles. The number of likely N-dealkylation sites (tertiary alicyclic amines) is 1. The highest BCUT2D eigenvalue weighted by Gasteiger charge is 2.28. The number of hydrogen-bond donors (Lipinski definition) is 1. The van der Waals surface area contributed by atoms with Gasteiger partial charge >= 0.3 is 0 Å². The summed E-state index contributed by atoms with van der Waals surface area (Å²) in [5.41, 5.74) is 2.17. The number of amides is 1. The Balaban J connectivity index is 1.49. The van der Waals surface area contributed by atoms with E-state index in [0.29, 0.717) is 17.8 Å². The molecule has 3 aromatic rings. The first-order chi connectivity index (χ1) is 14.2. The van der Waals surface area contributed by atoms with E-state index in [1.165, 1.54) is 12.5 Å². The molecule has 150 valence electrons. The van der Waals surface area contributed by atoms with Gasteiger partial charge in [0.25, 0.3) is 0 Å². The van der Waals surface area contributed by atoms with Gasteiger partial charge in [-0.25, -0.2) is 4.39 Å². The maximum absolute atomic E-state index is 13.9. The molecule has 6 heteroatoms. The van der Waals surface area contributed by atoms with Gasteiger partial charge in [-0.15, -0.1) is 0 Å². The monoisotopic (exact) mass is 392 g/mol. The molecule has 1 aromatic heterocycles. The highest BCUT2D eigenvalue weighted by molar-refractivity contribution is 5.95. The van der Waals surface area contributed by atoms with Gasteiger partial charge in [-0.2, -0.15) is 5.10 Å². The van der Waals surface area contributed by atoms with Crippen LogP contribution in [0.15, 0.2) is 67.0 Å². The molecule has 0 radical (unpaired) electrons. The van der Waals surface area contributed by atoms with Crippen molar-refractivity contribution in [2.24, 2.45) is 0 Å². The van der Waals surface area contributed by atoms with Gasteiger partial charge < -0.3 is 5.32 Å². The van der Waals surface area contributed by atoms with Crippen molar-refractivity contribution in [3.8, 4) is 0 Å². The van der Waals surface area contributed by atoms with Crippen LogP contribution in [0.2, 0.25) is 0 Å². The normalized spacial score (nSPS) is 15.8. The summed E-state index contributed by atoms with van der Waals surface area (Å²) in [5.74, 6) is -0.327. The minimum atomic E-state index is -0.327. The van der Waals surface area contributed by atoms with Crippen molar-refractivity contribution in [2.75, 3.05) is 18.4 Å². The first kappa shape index (κ1) is 19.3. The predicted octanol–water partition coefficient (Wildman–Crippen LogP) is 4.24. The lowest BCUT2D eigenvalue weighted by Gasteiger charge is -2.33. The fourth-order valence-corrected chi connectivity index (χ4v) is 3.87. The maximum Gasteiger partial charge on any atom is 0.246 e. The quantitative estimate of drug-likeness (QED) is 0.683. The third kappa shape index (κ3) is 4.71. The van der Waals surface area contributed by atoms with E-state index in [-0.39, 0.29) is 17.8 Å². The van der Waals surface area contributed by atoms with Crippen molar-refractivity contribution in [3.05, 3.63) is 83.9 Å². The Bertz CT molecular complexity index is 950. The van der Waals surface area contributed by atoms with Gasteiger partial charge in [0.05, 0.1) is 18.4 Å². The number of hydrogen-bond acceptors (Lipinski definition) is 3. The van der Waals surface area contributed by atoms with Gasteiger partial charge in [-0.3, -0.25) is 14.4 Å². The molecule has 2 aromatic carbocycles. The predicted molar refractivity (Wildman–Crippen MR) is 111 cm³/mol. The number of anilines is 1. The van der Waals surface area contributed by atoms with Gasteiger partial charge in [0, 0.05) is 11.8 Å². The third-order valence-corrected chi connectivity index (χ3v) is 5.31. The molecule has 0 spiro atoms. The van der Waals surface area contributed by atoms with Crippen LogP contribution >= 0.6 is 0 Å². The fourth-order valence-electron chi connectivity index (χ4n) is 3.87. The molecular weight excluding hydrogens is 367 g/mol. The molecule has 1 fully saturated rings. The third-order valence-electron chi connectivity index (χ3n) is 5.31. The summed E-state index contributed by atoms with van der Waals surface area (Å²) in [5, 5.41) is 7.27. The van der Waals surface area contributed by atoms with Crippen LogP contribution in [0.5, 0.6) is 0 Å². The van der Waals surface area contributed by atoms with Gasteiger partial charge in [-0.05, 0) is 37.6 Å². The van der Waals surface area contributed by atoms with Crippen LogP contribution in [-0.4, -0.2) is 33.7 Å². The van der Waals surface area contributed by atoms with E-state index in [1.54, 1.807) is 35.3 Å². The highest BCUT2D eigenvalue weighted by atomic mass is 19.1. The second-order valence-electron chi connectivity index (χ2n) is 7.42. The van der Waals surface area contributed by atoms with Crippen LogP contribution in [0.4, 0.5) is 10.1 Å². The lowest BCUT2D eigenvalue weighted by molar-refractivity contribution is -0.122. The Morgan fingerprint density at radius 1 is 1.03 bits per heavy atom. The smallest absolute Gasteiger partial charge is 0.246 e. The standard InChI is InChI=1S/C23H25FN4O/c24-21-12-6-5-11-19(21)16-28-17-20(15-25-28)26-23(29)22(18-9-3-1-4-10-18)27-13-7-2-8-14-27/h1,3-6,9-12,15,17,22H,2,7-8,13-14,16H2,(H,26,29). The van der Waals surface area contributed by atoms with Gasteiger partial charge in [0.1, 0.15) is 11.9 Å². The largest absolute Gasteiger partial charge is 0.322 e. The Labute approximate surface area is 170 Å². The number of nitrogens with one attached hydrogen (secondary N) is 1. The van der Waals surface area contributed by atoms with Gasteiger partial charge in [-0.1, -0.05) is 55.0 Å². The molecule has 0 aliphatic carbocycles. The van der Waals surface area contributed by atoms with Crippen LogP contribution < -0.4 is 5.32 Å². The Hall–Kier alpha value is -2.99. The number of carbonyl (C=O) groups excluding carboxylic acids is 1. The van der Waals surface area contributed by atoms with E-state index in [9.17, 15) is 9.18 Å². The summed E-state index contributed by atoms with van der Waals surface area (Å²) in [4.78, 5) is 15.4. The zero-order valence-corrected chi connectivity index (χ0v) is 16.3. The fraction of sp³-hybridized carbons (Fsp3) is 0.304. The number of aromatic nitrogens is 2. The Morgan fingerprint density at radius 3 is 2.52 bits per heavy atom. The van der Waals surface area contributed by atoms with Crippen LogP contribution in [0.25, 0.3) is 0 Å². The summed E-state index contributed by atoms with van der Waals surface area (Å²) in [6.45, 7) is 2.15. The molecule has 2 heterocycles. The molecule has 1 amide bonds. The second kappa shape index (κ2) is 9.01. The van der Waals surface area contributed by atoms with Gasteiger partial charge in [0.2, 0.25) is 5.91 Å². The number of nitrogens with zero attached hydrogens (tertiary/aromatic N) is 3. The molecule has 1 aliphatic rings. The number of rotatable bonds is 6. The number of carbonyl (C=O) groups is 1. The lowest BCUT2D eigenvalue weighted by atomic mass is 10.0. The first-order valence-corrected chi connectivity index (χ1v) is 10.1. The van der Waals surface area contributed by atoms with Crippen molar-refractivity contribution in [3.63, 3.8) is 0 Å². The van der Waals surface area contributed by atoms with E-state index in [0.717, 1.165) is 31.5 Å². The molecule has 1 saturated heterocycles. The van der Waals surface area contributed by atoms with Crippen molar-refractivity contribution in [1.29, 1.82) is 0 Å². The number of benzene rings is 2. The molecule has 1 aliphatic heterocycles. The minimum absolute atomic E-state index is 0.0662. The molecular formula is C23H25FN4O. The summed E-state index contributed by atoms with van der Waals surface area (Å²) in [6, 6.07) is 16.2. The number of piperidine rings is 1. The van der Waals surface area contributed by atoms with E-state index >= 15 is 0 Å². The SMILES string of the molecule is O=C(Nc1cnn(Cc2ccccc2F)c1)C(c1ccccc1)N1CCCCC1. The van der Waals surface area contributed by atoms with Crippen molar-refractivity contribution >= 4 is 11.6 Å². The van der Waals surface area contributed by atoms with E-state index < -0.39 is 0 Å². The summed E-state index contributed by atoms with van der Waals surface area (Å²) >= 11 is 0.